The fourth-order valence-electron chi connectivity index (χ4n) is 2.94. The summed E-state index contributed by atoms with van der Waals surface area (Å²) in [6, 6.07) is 9.16. The van der Waals surface area contributed by atoms with Crippen LogP contribution in [0.15, 0.2) is 41.3 Å². The Labute approximate surface area is 169 Å². The van der Waals surface area contributed by atoms with E-state index in [-0.39, 0.29) is 22.3 Å². The lowest BCUT2D eigenvalue weighted by Gasteiger charge is -2.19. The number of nitrogens with one attached hydrogen (secondary N) is 2. The van der Waals surface area contributed by atoms with E-state index in [1.165, 1.54) is 12.1 Å². The Bertz CT molecular complexity index is 1010. The molecule has 2 aromatic rings. The molecule has 0 saturated heterocycles. The summed E-state index contributed by atoms with van der Waals surface area (Å²) in [5.41, 5.74) is 0.958. The molecule has 0 amide bonds. The van der Waals surface area contributed by atoms with Crippen molar-refractivity contribution >= 4 is 21.4 Å². The van der Waals surface area contributed by atoms with Gasteiger partial charge in [-0.1, -0.05) is 6.07 Å². The van der Waals surface area contributed by atoms with Gasteiger partial charge in [-0.05, 0) is 50.1 Å². The maximum absolute atomic E-state index is 12.3. The monoisotopic (exact) mass is 421 g/mol. The van der Waals surface area contributed by atoms with Crippen molar-refractivity contribution in [2.24, 2.45) is 0 Å². The van der Waals surface area contributed by atoms with Crippen LogP contribution in [0, 0.1) is 10.1 Å². The summed E-state index contributed by atoms with van der Waals surface area (Å²) in [6.45, 7) is 4.81. The van der Waals surface area contributed by atoms with Gasteiger partial charge in [0.15, 0.2) is 11.5 Å². The SMILES string of the molecule is CC(C)NS(=O)(=O)c1ccc(NCCc2ccc3c(c2)OCCO3)c([N+](=O)[O-])c1. The molecule has 29 heavy (non-hydrogen) atoms. The first-order chi connectivity index (χ1) is 13.8. The van der Waals surface area contributed by atoms with E-state index in [1.54, 1.807) is 13.8 Å². The Balaban J connectivity index is 1.71. The van der Waals surface area contributed by atoms with Crippen molar-refractivity contribution in [2.45, 2.75) is 31.2 Å². The number of rotatable bonds is 8. The minimum Gasteiger partial charge on any atom is -0.486 e. The summed E-state index contributed by atoms with van der Waals surface area (Å²) in [4.78, 5) is 10.7. The smallest absolute Gasteiger partial charge is 0.293 e. The largest absolute Gasteiger partial charge is 0.486 e. The van der Waals surface area contributed by atoms with Crippen molar-refractivity contribution in [1.29, 1.82) is 0 Å². The summed E-state index contributed by atoms with van der Waals surface area (Å²) < 4.78 is 38.0. The van der Waals surface area contributed by atoms with Gasteiger partial charge in [-0.2, -0.15) is 0 Å². The van der Waals surface area contributed by atoms with Crippen molar-refractivity contribution < 1.29 is 22.8 Å². The second kappa shape index (κ2) is 8.66. The molecule has 0 bridgehead atoms. The van der Waals surface area contributed by atoms with E-state index < -0.39 is 14.9 Å². The number of nitrogens with zero attached hydrogens (tertiary/aromatic N) is 1. The zero-order chi connectivity index (χ0) is 21.0. The zero-order valence-corrected chi connectivity index (χ0v) is 17.0. The molecule has 3 rings (SSSR count). The molecule has 0 aliphatic carbocycles. The number of ether oxygens (including phenoxy) is 2. The maximum atomic E-state index is 12.3. The van der Waals surface area contributed by atoms with Gasteiger partial charge in [-0.3, -0.25) is 10.1 Å². The minimum atomic E-state index is -3.81. The van der Waals surface area contributed by atoms with Crippen LogP contribution in [0.3, 0.4) is 0 Å². The lowest BCUT2D eigenvalue weighted by Crippen LogP contribution is -2.30. The molecule has 10 heteroatoms. The van der Waals surface area contributed by atoms with E-state index in [1.807, 2.05) is 18.2 Å². The molecule has 1 aliphatic heterocycles. The fourth-order valence-corrected chi connectivity index (χ4v) is 4.21. The van der Waals surface area contributed by atoms with E-state index in [0.717, 1.165) is 11.6 Å². The van der Waals surface area contributed by atoms with Gasteiger partial charge in [-0.25, -0.2) is 13.1 Å². The van der Waals surface area contributed by atoms with Crippen LogP contribution in [0.4, 0.5) is 11.4 Å². The highest BCUT2D eigenvalue weighted by molar-refractivity contribution is 7.89. The molecular weight excluding hydrogens is 398 g/mol. The number of hydrogen-bond acceptors (Lipinski definition) is 7. The van der Waals surface area contributed by atoms with E-state index in [9.17, 15) is 18.5 Å². The third-order valence-corrected chi connectivity index (χ3v) is 5.86. The van der Waals surface area contributed by atoms with Crippen molar-refractivity contribution in [3.05, 3.63) is 52.1 Å². The Morgan fingerprint density at radius 3 is 2.52 bits per heavy atom. The third-order valence-electron chi connectivity index (χ3n) is 4.20. The quantitative estimate of drug-likeness (QED) is 0.497. The number of anilines is 1. The van der Waals surface area contributed by atoms with Crippen molar-refractivity contribution in [2.75, 3.05) is 25.1 Å². The lowest BCUT2D eigenvalue weighted by molar-refractivity contribution is -0.384. The molecule has 0 unspecified atom stereocenters. The van der Waals surface area contributed by atoms with Crippen LogP contribution in [0.2, 0.25) is 0 Å². The molecule has 0 fully saturated rings. The van der Waals surface area contributed by atoms with Crippen molar-refractivity contribution in [1.82, 2.24) is 4.72 Å². The molecule has 1 heterocycles. The molecule has 156 valence electrons. The number of sulfonamides is 1. The molecule has 0 aromatic heterocycles. The van der Waals surface area contributed by atoms with Gasteiger partial charge in [0.1, 0.15) is 18.9 Å². The van der Waals surface area contributed by atoms with Gasteiger partial charge >= 0.3 is 0 Å². The van der Waals surface area contributed by atoms with Gasteiger partial charge in [0.25, 0.3) is 5.69 Å². The van der Waals surface area contributed by atoms with Gasteiger partial charge in [0, 0.05) is 18.7 Å². The van der Waals surface area contributed by atoms with Crippen LogP contribution in [0.1, 0.15) is 19.4 Å². The first kappa shape index (κ1) is 20.9. The number of fused-ring (bicyclic) bond motifs is 1. The van der Waals surface area contributed by atoms with Crippen LogP contribution in [-0.4, -0.2) is 39.1 Å². The molecule has 9 nitrogen and oxygen atoms in total. The van der Waals surface area contributed by atoms with Crippen LogP contribution >= 0.6 is 0 Å². The number of nitro groups is 1. The molecular formula is C19H23N3O6S. The van der Waals surface area contributed by atoms with Gasteiger partial charge in [0.05, 0.1) is 9.82 Å². The molecule has 1 aliphatic rings. The highest BCUT2D eigenvalue weighted by atomic mass is 32.2. The Hall–Kier alpha value is -2.85. The molecule has 0 saturated carbocycles. The maximum Gasteiger partial charge on any atom is 0.293 e. The molecule has 0 radical (unpaired) electrons. The van der Waals surface area contributed by atoms with E-state index in [2.05, 4.69) is 10.0 Å². The number of hydrogen-bond donors (Lipinski definition) is 2. The predicted octanol–water partition coefficient (Wildman–Crippen LogP) is 2.71. The number of benzene rings is 2. The third kappa shape index (κ3) is 5.15. The summed E-state index contributed by atoms with van der Waals surface area (Å²) in [5.74, 6) is 1.39. The topological polar surface area (TPSA) is 120 Å². The summed E-state index contributed by atoms with van der Waals surface area (Å²) in [6.07, 6.45) is 0.600. The van der Waals surface area contributed by atoms with Crippen molar-refractivity contribution in [3.8, 4) is 11.5 Å². The number of nitro benzene ring substituents is 1. The zero-order valence-electron chi connectivity index (χ0n) is 16.2. The highest BCUT2D eigenvalue weighted by Gasteiger charge is 2.22. The van der Waals surface area contributed by atoms with E-state index >= 15 is 0 Å². The van der Waals surface area contributed by atoms with Crippen LogP contribution in [-0.2, 0) is 16.4 Å². The van der Waals surface area contributed by atoms with Crippen LogP contribution in [0.5, 0.6) is 11.5 Å². The molecule has 0 atom stereocenters. The molecule has 2 aromatic carbocycles. The first-order valence-corrected chi connectivity index (χ1v) is 10.7. The van der Waals surface area contributed by atoms with Gasteiger partial charge in [-0.15, -0.1) is 0 Å². The van der Waals surface area contributed by atoms with Crippen LogP contribution < -0.4 is 19.5 Å². The van der Waals surface area contributed by atoms with Gasteiger partial charge in [0.2, 0.25) is 10.0 Å². The average molecular weight is 421 g/mol. The van der Waals surface area contributed by atoms with Crippen LogP contribution in [0.25, 0.3) is 0 Å². The standard InChI is InChI=1S/C19H23N3O6S/c1-13(2)21-29(25,26)15-4-5-16(17(12-15)22(23)24)20-8-7-14-3-6-18-19(11-14)28-10-9-27-18/h3-6,11-13,20-21H,7-10H2,1-2H3. The Morgan fingerprint density at radius 1 is 1.10 bits per heavy atom. The minimum absolute atomic E-state index is 0.143. The summed E-state index contributed by atoms with van der Waals surface area (Å²) in [5, 5.41) is 14.5. The second-order valence-corrected chi connectivity index (χ2v) is 8.58. The molecule has 0 spiro atoms. The first-order valence-electron chi connectivity index (χ1n) is 9.19. The molecule has 2 N–H and O–H groups in total. The van der Waals surface area contributed by atoms with E-state index in [0.29, 0.717) is 37.7 Å². The second-order valence-electron chi connectivity index (χ2n) is 6.87. The van der Waals surface area contributed by atoms with E-state index in [4.69, 9.17) is 9.47 Å². The lowest BCUT2D eigenvalue weighted by atomic mass is 10.1. The van der Waals surface area contributed by atoms with Crippen molar-refractivity contribution in [3.63, 3.8) is 0 Å². The average Bonchev–Trinajstić information content (AvgIpc) is 2.67. The normalized spacial score (nSPS) is 13.3. The van der Waals surface area contributed by atoms with Gasteiger partial charge < -0.3 is 14.8 Å². The fraction of sp³-hybridized carbons (Fsp3) is 0.368. The Kier molecular flexibility index (Phi) is 6.23. The summed E-state index contributed by atoms with van der Waals surface area (Å²) in [7, 11) is -3.81. The summed E-state index contributed by atoms with van der Waals surface area (Å²) >= 11 is 0. The Morgan fingerprint density at radius 2 is 1.83 bits per heavy atom. The predicted molar refractivity (Wildman–Crippen MR) is 108 cm³/mol. The highest BCUT2D eigenvalue weighted by Crippen LogP contribution is 2.31.